The third-order valence-electron chi connectivity index (χ3n) is 5.06. The molecule has 2 aliphatic heterocycles. The minimum Gasteiger partial charge on any atom is -0.480 e. The predicted octanol–water partition coefficient (Wildman–Crippen LogP) is 1.51. The summed E-state index contributed by atoms with van der Waals surface area (Å²) >= 11 is 0. The number of hydrogen-bond acceptors (Lipinski definition) is 4. The van der Waals surface area contributed by atoms with Crippen LogP contribution < -0.4 is 4.90 Å². The Kier molecular flexibility index (Phi) is 3.95. The zero-order valence-electron chi connectivity index (χ0n) is 13.0. The van der Waals surface area contributed by atoms with Crippen molar-refractivity contribution in [1.29, 1.82) is 0 Å². The molecular weight excluding hydrogens is 301 g/mol. The molecule has 3 heterocycles. The van der Waals surface area contributed by atoms with Crippen LogP contribution in [-0.4, -0.2) is 52.5 Å². The summed E-state index contributed by atoms with van der Waals surface area (Å²) in [6.45, 7) is 3.11. The van der Waals surface area contributed by atoms with Crippen LogP contribution in [0, 0.1) is 11.2 Å². The molecule has 0 radical (unpaired) electrons. The fraction of sp³-hybridized carbons (Fsp3) is 0.562. The molecule has 1 spiro atoms. The number of carbonyl (C=O) groups excluding carboxylic acids is 1. The Balaban J connectivity index is 1.72. The van der Waals surface area contributed by atoms with E-state index >= 15 is 0 Å². The third kappa shape index (κ3) is 2.87. The molecule has 7 heteroatoms. The number of carboxylic acid groups (broad SMARTS) is 1. The molecule has 0 bridgehead atoms. The van der Waals surface area contributed by atoms with Crippen LogP contribution >= 0.6 is 0 Å². The Labute approximate surface area is 133 Å². The van der Waals surface area contributed by atoms with Crippen LogP contribution in [0.4, 0.5) is 10.2 Å². The smallest absolute Gasteiger partial charge is 0.326 e. The van der Waals surface area contributed by atoms with Gasteiger partial charge in [-0.2, -0.15) is 0 Å². The number of rotatable bonds is 2. The molecule has 1 aromatic rings. The van der Waals surface area contributed by atoms with Gasteiger partial charge in [0.15, 0.2) is 11.6 Å². The molecule has 1 amide bonds. The molecule has 0 aromatic carbocycles. The first-order valence-electron chi connectivity index (χ1n) is 7.77. The average molecular weight is 321 g/mol. The lowest BCUT2D eigenvalue weighted by molar-refractivity contribution is -0.147. The summed E-state index contributed by atoms with van der Waals surface area (Å²) < 4.78 is 13.8. The summed E-state index contributed by atoms with van der Waals surface area (Å²) in [6, 6.07) is 2.20. The summed E-state index contributed by atoms with van der Waals surface area (Å²) in [5, 5.41) is 9.35. The first kappa shape index (κ1) is 15.7. The van der Waals surface area contributed by atoms with Crippen LogP contribution in [0.2, 0.25) is 0 Å². The highest BCUT2D eigenvalue weighted by Crippen LogP contribution is 2.44. The average Bonchev–Trinajstić information content (AvgIpc) is 2.89. The van der Waals surface area contributed by atoms with Crippen molar-refractivity contribution in [3.8, 4) is 0 Å². The molecular formula is C16H20FN3O3. The zero-order valence-corrected chi connectivity index (χ0v) is 13.0. The van der Waals surface area contributed by atoms with Crippen LogP contribution in [0.1, 0.15) is 26.2 Å². The second-order valence-electron chi connectivity index (χ2n) is 6.50. The van der Waals surface area contributed by atoms with Crippen LogP contribution in [0.5, 0.6) is 0 Å². The number of aromatic nitrogens is 1. The second kappa shape index (κ2) is 5.79. The summed E-state index contributed by atoms with van der Waals surface area (Å²) in [7, 11) is 0. The van der Waals surface area contributed by atoms with Crippen molar-refractivity contribution in [2.45, 2.75) is 32.2 Å². The molecule has 0 saturated carbocycles. The van der Waals surface area contributed by atoms with E-state index in [1.807, 2.05) is 4.90 Å². The molecule has 124 valence electrons. The Morgan fingerprint density at radius 1 is 1.39 bits per heavy atom. The molecule has 1 N–H and O–H groups in total. The first-order chi connectivity index (χ1) is 10.9. The van der Waals surface area contributed by atoms with Crippen molar-refractivity contribution < 1.29 is 19.1 Å². The predicted molar refractivity (Wildman–Crippen MR) is 81.5 cm³/mol. The van der Waals surface area contributed by atoms with Gasteiger partial charge in [0.2, 0.25) is 5.91 Å². The summed E-state index contributed by atoms with van der Waals surface area (Å²) in [4.78, 5) is 30.6. The molecule has 2 fully saturated rings. The van der Waals surface area contributed by atoms with Crippen molar-refractivity contribution in [2.75, 3.05) is 24.5 Å². The Morgan fingerprint density at radius 3 is 2.61 bits per heavy atom. The number of halogens is 1. The molecule has 6 nitrogen and oxygen atoms in total. The first-order valence-corrected chi connectivity index (χ1v) is 7.77. The van der Waals surface area contributed by atoms with Crippen LogP contribution in [0.25, 0.3) is 0 Å². The van der Waals surface area contributed by atoms with E-state index in [-0.39, 0.29) is 17.1 Å². The van der Waals surface area contributed by atoms with E-state index < -0.39 is 12.0 Å². The number of pyridine rings is 1. The summed E-state index contributed by atoms with van der Waals surface area (Å²) in [5.74, 6) is -1.15. The number of likely N-dealkylation sites (tertiary alicyclic amines) is 1. The minimum atomic E-state index is -0.949. The Bertz CT molecular complexity index is 605. The van der Waals surface area contributed by atoms with E-state index in [9.17, 15) is 19.1 Å². The maximum absolute atomic E-state index is 13.8. The maximum atomic E-state index is 13.8. The molecule has 2 aliphatic rings. The van der Waals surface area contributed by atoms with Gasteiger partial charge in [0.1, 0.15) is 6.04 Å². The minimum absolute atomic E-state index is 0.184. The highest BCUT2D eigenvalue weighted by Gasteiger charge is 2.49. The fourth-order valence-electron chi connectivity index (χ4n) is 3.77. The number of amides is 1. The number of anilines is 1. The van der Waals surface area contributed by atoms with Gasteiger partial charge in [-0.15, -0.1) is 0 Å². The lowest BCUT2D eigenvalue weighted by Gasteiger charge is -2.39. The lowest BCUT2D eigenvalue weighted by atomic mass is 9.76. The van der Waals surface area contributed by atoms with Gasteiger partial charge in [-0.1, -0.05) is 0 Å². The van der Waals surface area contributed by atoms with Crippen molar-refractivity contribution >= 4 is 17.7 Å². The molecule has 2 saturated heterocycles. The van der Waals surface area contributed by atoms with E-state index in [0.29, 0.717) is 31.9 Å². The van der Waals surface area contributed by atoms with Gasteiger partial charge in [-0.3, -0.25) is 4.79 Å². The van der Waals surface area contributed by atoms with E-state index in [1.165, 1.54) is 17.9 Å². The second-order valence-corrected chi connectivity index (χ2v) is 6.50. The number of nitrogens with zero attached hydrogens (tertiary/aromatic N) is 3. The van der Waals surface area contributed by atoms with Gasteiger partial charge in [0.25, 0.3) is 0 Å². The summed E-state index contributed by atoms with van der Waals surface area (Å²) in [6.07, 6.45) is 3.50. The van der Waals surface area contributed by atoms with Gasteiger partial charge in [-0.05, 0) is 36.8 Å². The number of carboxylic acids is 1. The van der Waals surface area contributed by atoms with Crippen LogP contribution in [0.3, 0.4) is 0 Å². The largest absolute Gasteiger partial charge is 0.480 e. The van der Waals surface area contributed by atoms with Gasteiger partial charge >= 0.3 is 5.97 Å². The normalized spacial score (nSPS) is 23.3. The van der Waals surface area contributed by atoms with E-state index in [0.717, 1.165) is 12.8 Å². The van der Waals surface area contributed by atoms with Crippen LogP contribution in [-0.2, 0) is 9.59 Å². The number of carbonyl (C=O) groups is 2. The van der Waals surface area contributed by atoms with E-state index in [4.69, 9.17) is 0 Å². The Hall–Kier alpha value is -2.18. The van der Waals surface area contributed by atoms with Crippen LogP contribution in [0.15, 0.2) is 18.3 Å². The fourth-order valence-corrected chi connectivity index (χ4v) is 3.77. The molecule has 1 unspecified atom stereocenters. The highest BCUT2D eigenvalue weighted by molar-refractivity contribution is 5.83. The van der Waals surface area contributed by atoms with E-state index in [2.05, 4.69) is 4.98 Å². The van der Waals surface area contributed by atoms with Crippen molar-refractivity contribution in [1.82, 2.24) is 9.88 Å². The quantitative estimate of drug-likeness (QED) is 0.894. The van der Waals surface area contributed by atoms with Crippen molar-refractivity contribution in [2.24, 2.45) is 5.41 Å². The molecule has 0 aliphatic carbocycles. The van der Waals surface area contributed by atoms with E-state index in [1.54, 1.807) is 12.3 Å². The lowest BCUT2D eigenvalue weighted by Crippen LogP contribution is -2.43. The maximum Gasteiger partial charge on any atom is 0.326 e. The topological polar surface area (TPSA) is 73.7 Å². The molecule has 1 atom stereocenters. The summed E-state index contributed by atoms with van der Waals surface area (Å²) in [5.41, 5.74) is -0.184. The highest BCUT2D eigenvalue weighted by atomic mass is 19.1. The monoisotopic (exact) mass is 321 g/mol. The number of piperidine rings is 1. The molecule has 23 heavy (non-hydrogen) atoms. The number of hydrogen-bond donors (Lipinski definition) is 1. The van der Waals surface area contributed by atoms with Crippen molar-refractivity contribution in [3.05, 3.63) is 24.1 Å². The van der Waals surface area contributed by atoms with Gasteiger partial charge in [0.05, 0.1) is 0 Å². The molecule has 1 aromatic heterocycles. The third-order valence-corrected chi connectivity index (χ3v) is 5.06. The number of aliphatic carboxylic acids is 1. The van der Waals surface area contributed by atoms with Crippen molar-refractivity contribution in [3.63, 3.8) is 0 Å². The van der Waals surface area contributed by atoms with Gasteiger partial charge in [0, 0.05) is 32.8 Å². The SMILES string of the molecule is CC(=O)N1CC2(CCN(c3ncccc3F)CC2)CC1C(=O)O. The zero-order chi connectivity index (χ0) is 16.6. The van der Waals surface area contributed by atoms with Gasteiger partial charge < -0.3 is 14.9 Å². The standard InChI is InChI=1S/C16H20FN3O3/c1-11(21)20-10-16(9-13(20)15(22)23)4-7-19(8-5-16)14-12(17)3-2-6-18-14/h2-3,6,13H,4-5,7-10H2,1H3,(H,22,23). The molecule has 3 rings (SSSR count). The van der Waals surface area contributed by atoms with Gasteiger partial charge in [-0.25, -0.2) is 14.2 Å². The Morgan fingerprint density at radius 2 is 2.09 bits per heavy atom.